The zero-order valence-corrected chi connectivity index (χ0v) is 28.8. The van der Waals surface area contributed by atoms with Crippen LogP contribution in [-0.4, -0.2) is 89.6 Å². The lowest BCUT2D eigenvalue weighted by Crippen LogP contribution is -2.62. The number of nitrogens with two attached hydrogens (primary N) is 1. The second-order valence-electron chi connectivity index (χ2n) is 12.3. The smallest absolute Gasteiger partial charge is 0.352 e. The minimum absolute atomic E-state index is 0.0455. The fourth-order valence-corrected chi connectivity index (χ4v) is 8.72. The summed E-state index contributed by atoms with van der Waals surface area (Å²) in [6, 6.07) is 6.81. The predicted molar refractivity (Wildman–Crippen MR) is 184 cm³/mol. The molecule has 0 unspecified atom stereocenters. The molecule has 50 heavy (non-hydrogen) atoms. The van der Waals surface area contributed by atoms with Gasteiger partial charge in [-0.1, -0.05) is 17.3 Å². The van der Waals surface area contributed by atoms with Crippen molar-refractivity contribution in [1.29, 1.82) is 5.41 Å². The molecule has 2 fully saturated rings. The standard InChI is InChI=1S/C33H34FN9O5S2/c1-48-38-27(24-18-50-33(36)37-24)25(44)14-22-30(45)43-28(32(46)47)21(17-49-31(22)43)16-41-10-7-26-40(11-12-42(26)41)15-20-6-5-19(13-23(20)34)29(35)39-8-3-2-4-9-39/h5-7,10-13,18,22,31,35H,2-4,8-9,14-17H2,1H3,(H2-,36,37,46,47)/p+1/b35-29?,38-27-/t22-,31-/m1/s1. The van der Waals surface area contributed by atoms with E-state index in [1.165, 1.54) is 29.8 Å². The van der Waals surface area contributed by atoms with E-state index >= 15 is 4.39 Å². The van der Waals surface area contributed by atoms with E-state index in [0.29, 0.717) is 28.3 Å². The number of fused-ring (bicyclic) bond motifs is 2. The summed E-state index contributed by atoms with van der Waals surface area (Å²) in [6.45, 7) is 2.09. The third-order valence-electron chi connectivity index (χ3n) is 9.26. The zero-order valence-electron chi connectivity index (χ0n) is 27.1. The van der Waals surface area contributed by atoms with Crippen LogP contribution in [0.3, 0.4) is 0 Å². The molecule has 17 heteroatoms. The van der Waals surface area contributed by atoms with Crippen molar-refractivity contribution in [3.63, 3.8) is 0 Å². The van der Waals surface area contributed by atoms with Gasteiger partial charge in [-0.25, -0.2) is 23.4 Å². The number of carboxylic acid groups (broad SMARTS) is 1. The Bertz CT molecular complexity index is 2080. The van der Waals surface area contributed by atoms with Crippen LogP contribution < -0.4 is 10.3 Å². The number of aromatic nitrogens is 4. The van der Waals surface area contributed by atoms with Crippen molar-refractivity contribution in [2.24, 2.45) is 11.1 Å². The van der Waals surface area contributed by atoms with E-state index in [0.717, 1.165) is 49.3 Å². The number of hydrogen-bond acceptors (Lipinski definition) is 10. The SMILES string of the molecule is CO/N=C(\C(=O)C[C@@H]1C(=O)N2C(C(=O)O)=C(Cn3ccc4n3cc[n+]4Cc3ccc(C(=N)N4CCCCC4)cc3F)CS[C@H]12)c1csc(N)n1. The van der Waals surface area contributed by atoms with Crippen LogP contribution in [0.5, 0.6) is 0 Å². The van der Waals surface area contributed by atoms with Gasteiger partial charge in [-0.05, 0) is 30.9 Å². The maximum atomic E-state index is 15.3. The largest absolute Gasteiger partial charge is 0.477 e. The van der Waals surface area contributed by atoms with Gasteiger partial charge in [-0.15, -0.1) is 27.6 Å². The molecule has 2 saturated heterocycles. The Morgan fingerprint density at radius 1 is 1.22 bits per heavy atom. The van der Waals surface area contributed by atoms with E-state index in [4.69, 9.17) is 16.0 Å². The first kappa shape index (κ1) is 33.5. The van der Waals surface area contributed by atoms with E-state index in [1.807, 2.05) is 43.3 Å². The minimum atomic E-state index is -1.22. The van der Waals surface area contributed by atoms with Crippen molar-refractivity contribution >= 4 is 63.1 Å². The topological polar surface area (TPSA) is 175 Å². The summed E-state index contributed by atoms with van der Waals surface area (Å²) in [4.78, 5) is 51.3. The van der Waals surface area contributed by atoms with Crippen molar-refractivity contribution in [3.05, 3.63) is 82.1 Å². The van der Waals surface area contributed by atoms with Gasteiger partial charge in [0.05, 0.1) is 30.1 Å². The van der Waals surface area contributed by atoms with Crippen LogP contribution >= 0.6 is 23.1 Å². The number of nitrogens with one attached hydrogen (secondary N) is 1. The van der Waals surface area contributed by atoms with Crippen LogP contribution in [0.1, 0.15) is 42.5 Å². The molecule has 0 bridgehead atoms. The number of amides is 1. The Balaban J connectivity index is 1.06. The number of thiazole rings is 1. The molecular weight excluding hydrogens is 686 g/mol. The van der Waals surface area contributed by atoms with E-state index in [2.05, 4.69) is 10.1 Å². The third kappa shape index (κ3) is 6.15. The van der Waals surface area contributed by atoms with Crippen LogP contribution in [0, 0.1) is 17.1 Å². The fourth-order valence-electron chi connectivity index (χ4n) is 6.77. The molecule has 3 aliphatic rings. The fraction of sp³-hybridized carbons (Fsp3) is 0.364. The summed E-state index contributed by atoms with van der Waals surface area (Å²) in [6.07, 6.45) is 8.51. The molecular formula is C33H35FN9O5S2+. The van der Waals surface area contributed by atoms with E-state index in [9.17, 15) is 19.5 Å². The number of hydrogen-bond donors (Lipinski definition) is 3. The second kappa shape index (κ2) is 13.7. The average Bonchev–Trinajstić information content (AvgIpc) is 3.84. The molecule has 1 aromatic carbocycles. The van der Waals surface area contributed by atoms with Crippen LogP contribution in [0.15, 0.2) is 64.7 Å². The number of anilines is 1. The molecule has 0 radical (unpaired) electrons. The summed E-state index contributed by atoms with van der Waals surface area (Å²) in [5, 5.41) is 23.9. The van der Waals surface area contributed by atoms with Gasteiger partial charge in [-0.2, -0.15) is 0 Å². The number of benzene rings is 1. The Labute approximate surface area is 294 Å². The number of carbonyl (C=O) groups is 3. The molecule has 0 saturated carbocycles. The Hall–Kier alpha value is -5.03. The molecule has 3 aliphatic heterocycles. The zero-order chi connectivity index (χ0) is 35.1. The molecule has 260 valence electrons. The Morgan fingerprint density at radius 3 is 2.72 bits per heavy atom. The van der Waals surface area contributed by atoms with Crippen molar-refractivity contribution < 1.29 is 33.3 Å². The summed E-state index contributed by atoms with van der Waals surface area (Å²) in [5.41, 5.74) is 8.20. The molecule has 6 heterocycles. The average molecular weight is 721 g/mol. The van der Waals surface area contributed by atoms with Crippen molar-refractivity contribution in [2.75, 3.05) is 31.7 Å². The predicted octanol–water partition coefficient (Wildman–Crippen LogP) is 2.95. The molecule has 7 rings (SSSR count). The van der Waals surface area contributed by atoms with Gasteiger partial charge in [0.25, 0.3) is 0 Å². The summed E-state index contributed by atoms with van der Waals surface area (Å²) in [5.74, 6) is -2.54. The van der Waals surface area contributed by atoms with E-state index in [1.54, 1.807) is 17.5 Å². The lowest BCUT2D eigenvalue weighted by atomic mass is 9.89. The number of β-lactam (4-membered cyclic amide) rings is 1. The number of Topliss-reactive ketones (excluding diaryl/α,β-unsaturated/α-hetero) is 1. The highest BCUT2D eigenvalue weighted by atomic mass is 32.2. The highest BCUT2D eigenvalue weighted by Crippen LogP contribution is 2.45. The number of nitrogen functional groups attached to an aromatic ring is 1. The first-order chi connectivity index (χ1) is 24.1. The van der Waals surface area contributed by atoms with Gasteiger partial charge in [0.2, 0.25) is 5.91 Å². The van der Waals surface area contributed by atoms with Crippen molar-refractivity contribution in [2.45, 2.75) is 44.1 Å². The molecule has 3 aromatic heterocycles. The van der Waals surface area contributed by atoms with Gasteiger partial charge in [0.1, 0.15) is 42.9 Å². The van der Waals surface area contributed by atoms with Crippen LogP contribution in [0.25, 0.3) is 5.65 Å². The van der Waals surface area contributed by atoms with Gasteiger partial charge in [0.15, 0.2) is 22.8 Å². The van der Waals surface area contributed by atoms with E-state index in [-0.39, 0.29) is 47.6 Å². The number of ketones is 1. The Kier molecular flexibility index (Phi) is 9.17. The number of halogens is 1. The lowest BCUT2D eigenvalue weighted by Gasteiger charge is -2.49. The monoisotopic (exact) mass is 720 g/mol. The number of rotatable bonds is 11. The summed E-state index contributed by atoms with van der Waals surface area (Å²) in [7, 11) is 1.30. The lowest BCUT2D eigenvalue weighted by molar-refractivity contribution is -0.662. The van der Waals surface area contributed by atoms with Crippen molar-refractivity contribution in [1.82, 2.24) is 24.0 Å². The minimum Gasteiger partial charge on any atom is -0.477 e. The molecule has 14 nitrogen and oxygen atoms in total. The van der Waals surface area contributed by atoms with Crippen LogP contribution in [0.4, 0.5) is 9.52 Å². The maximum absolute atomic E-state index is 15.3. The highest BCUT2D eigenvalue weighted by Gasteiger charge is 2.54. The molecule has 2 atom stereocenters. The highest BCUT2D eigenvalue weighted by molar-refractivity contribution is 8.00. The number of nitrogens with zero attached hydrogens (tertiary/aromatic N) is 7. The second-order valence-corrected chi connectivity index (χ2v) is 14.3. The number of likely N-dealkylation sites (tertiary alicyclic amines) is 1. The Morgan fingerprint density at radius 2 is 2.02 bits per heavy atom. The first-order valence-electron chi connectivity index (χ1n) is 16.1. The number of amidine groups is 1. The van der Waals surface area contributed by atoms with Gasteiger partial charge < -0.3 is 20.6 Å². The van der Waals surface area contributed by atoms with Crippen LogP contribution in [-0.2, 0) is 32.3 Å². The van der Waals surface area contributed by atoms with Crippen molar-refractivity contribution in [3.8, 4) is 0 Å². The normalized spacial score (nSPS) is 19.5. The third-order valence-corrected chi connectivity index (χ3v) is 11.3. The van der Waals surface area contributed by atoms with Gasteiger partial charge in [0, 0.05) is 41.8 Å². The molecule has 1 amide bonds. The number of thioether (sulfide) groups is 1. The van der Waals surface area contributed by atoms with Crippen LogP contribution in [0.2, 0.25) is 0 Å². The number of imidazole rings is 1. The number of piperidine rings is 1. The summed E-state index contributed by atoms with van der Waals surface area (Å²) >= 11 is 2.55. The maximum Gasteiger partial charge on any atom is 0.352 e. The number of carbonyl (C=O) groups excluding carboxylic acids is 2. The van der Waals surface area contributed by atoms with E-state index < -0.39 is 29.0 Å². The molecule has 0 aliphatic carbocycles. The number of aliphatic carboxylic acids is 1. The molecule has 4 aromatic rings. The number of oxime groups is 1. The molecule has 4 N–H and O–H groups in total. The van der Waals surface area contributed by atoms with Gasteiger partial charge >= 0.3 is 11.6 Å². The number of carboxylic acids is 1. The first-order valence-corrected chi connectivity index (χ1v) is 18.0. The molecule has 0 spiro atoms. The quantitative estimate of drug-likeness (QED) is 0.0692. The summed E-state index contributed by atoms with van der Waals surface area (Å²) < 4.78 is 20.9. The van der Waals surface area contributed by atoms with Gasteiger partial charge in [-0.3, -0.25) is 19.9 Å².